The monoisotopic (exact) mass is 332 g/mol. The fraction of sp³-hybridized carbons (Fsp3) is 0.529. The van der Waals surface area contributed by atoms with E-state index in [0.717, 1.165) is 37.4 Å². The molecule has 2 aromatic heterocycles. The molecule has 1 saturated heterocycles. The van der Waals surface area contributed by atoms with Gasteiger partial charge in [0.05, 0.1) is 25.5 Å². The quantitative estimate of drug-likeness (QED) is 0.843. The number of methoxy groups -OCH3 is 1. The first-order chi connectivity index (χ1) is 11.6. The lowest BCUT2D eigenvalue weighted by molar-refractivity contribution is 0.0599. The second kappa shape index (κ2) is 7.09. The molecule has 3 rings (SSSR count). The van der Waals surface area contributed by atoms with Crippen LogP contribution >= 0.6 is 0 Å². The first-order valence-electron chi connectivity index (χ1n) is 8.21. The summed E-state index contributed by atoms with van der Waals surface area (Å²) in [5, 5.41) is 7.77. The highest BCUT2D eigenvalue weighted by molar-refractivity contribution is 5.90. The van der Waals surface area contributed by atoms with E-state index in [-0.39, 0.29) is 5.97 Å². The average molecular weight is 332 g/mol. The van der Waals surface area contributed by atoms with Crippen LogP contribution < -0.4 is 10.2 Å². The van der Waals surface area contributed by atoms with Gasteiger partial charge in [-0.15, -0.1) is 0 Å². The van der Waals surface area contributed by atoms with E-state index in [4.69, 9.17) is 9.15 Å². The standard InChI is InChI=1S/C17H24N4O3/c1-12-16(17(22)23-3)7-15(24-12)9-18-13-5-4-6-21(10-13)14-8-19-20(2)11-14/h7-8,11,13,18H,4-6,9-10H2,1-3H3/t13-/m1/s1. The fourth-order valence-electron chi connectivity index (χ4n) is 3.14. The minimum Gasteiger partial charge on any atom is -0.465 e. The van der Waals surface area contributed by atoms with Gasteiger partial charge in [-0.25, -0.2) is 4.79 Å². The third-order valence-electron chi connectivity index (χ3n) is 4.42. The number of aryl methyl sites for hydroxylation is 2. The van der Waals surface area contributed by atoms with Crippen molar-refractivity contribution in [3.8, 4) is 0 Å². The van der Waals surface area contributed by atoms with E-state index in [1.807, 2.05) is 24.1 Å². The van der Waals surface area contributed by atoms with E-state index in [1.54, 1.807) is 13.0 Å². The molecule has 0 unspecified atom stereocenters. The van der Waals surface area contributed by atoms with Crippen LogP contribution in [0.25, 0.3) is 0 Å². The number of carbonyl (C=O) groups is 1. The van der Waals surface area contributed by atoms with Crippen LogP contribution in [0.4, 0.5) is 5.69 Å². The van der Waals surface area contributed by atoms with Crippen molar-refractivity contribution in [3.63, 3.8) is 0 Å². The summed E-state index contributed by atoms with van der Waals surface area (Å²) in [6.07, 6.45) is 6.21. The molecule has 7 heteroatoms. The molecule has 1 atom stereocenters. The highest BCUT2D eigenvalue weighted by Crippen LogP contribution is 2.20. The molecule has 0 bridgehead atoms. The van der Waals surface area contributed by atoms with Crippen molar-refractivity contribution >= 4 is 11.7 Å². The van der Waals surface area contributed by atoms with Crippen LogP contribution in [0.5, 0.6) is 0 Å². The second-order valence-electron chi connectivity index (χ2n) is 6.21. The minimum absolute atomic E-state index is 0.358. The van der Waals surface area contributed by atoms with Crippen molar-refractivity contribution in [2.75, 3.05) is 25.1 Å². The van der Waals surface area contributed by atoms with E-state index >= 15 is 0 Å². The van der Waals surface area contributed by atoms with E-state index in [2.05, 4.69) is 15.3 Å². The topological polar surface area (TPSA) is 72.5 Å². The van der Waals surface area contributed by atoms with Crippen molar-refractivity contribution in [3.05, 3.63) is 35.5 Å². The first-order valence-corrected chi connectivity index (χ1v) is 8.21. The molecule has 0 aliphatic carbocycles. The van der Waals surface area contributed by atoms with Gasteiger partial charge in [-0.2, -0.15) is 5.10 Å². The number of aromatic nitrogens is 2. The van der Waals surface area contributed by atoms with Gasteiger partial charge in [-0.3, -0.25) is 4.68 Å². The first kappa shape index (κ1) is 16.6. The number of esters is 1. The maximum atomic E-state index is 11.6. The number of furan rings is 1. The summed E-state index contributed by atoms with van der Waals surface area (Å²) in [5.41, 5.74) is 1.65. The van der Waals surface area contributed by atoms with E-state index in [1.165, 1.54) is 7.11 Å². The van der Waals surface area contributed by atoms with Gasteiger partial charge < -0.3 is 19.4 Å². The zero-order valence-electron chi connectivity index (χ0n) is 14.4. The summed E-state index contributed by atoms with van der Waals surface area (Å²) in [7, 11) is 3.31. The van der Waals surface area contributed by atoms with Gasteiger partial charge in [-0.05, 0) is 25.8 Å². The highest BCUT2D eigenvalue weighted by Gasteiger charge is 2.21. The third kappa shape index (κ3) is 3.62. The Morgan fingerprint density at radius 1 is 1.54 bits per heavy atom. The van der Waals surface area contributed by atoms with Crippen LogP contribution in [0.1, 0.15) is 34.7 Å². The van der Waals surface area contributed by atoms with Gasteiger partial charge in [0.15, 0.2) is 0 Å². The number of nitrogens with one attached hydrogen (secondary N) is 1. The van der Waals surface area contributed by atoms with Crippen molar-refractivity contribution < 1.29 is 13.9 Å². The van der Waals surface area contributed by atoms with Gasteiger partial charge in [0.25, 0.3) is 0 Å². The predicted octanol–water partition coefficient (Wildman–Crippen LogP) is 1.87. The number of ether oxygens (including phenoxy) is 1. The Bertz CT molecular complexity index is 707. The van der Waals surface area contributed by atoms with Crippen LogP contribution in [0.3, 0.4) is 0 Å². The van der Waals surface area contributed by atoms with Gasteiger partial charge in [0.2, 0.25) is 0 Å². The summed E-state index contributed by atoms with van der Waals surface area (Å²) >= 11 is 0. The van der Waals surface area contributed by atoms with Crippen LogP contribution in [0.2, 0.25) is 0 Å². The smallest absolute Gasteiger partial charge is 0.341 e. The lowest BCUT2D eigenvalue weighted by Crippen LogP contribution is -2.45. The molecular weight excluding hydrogens is 308 g/mol. The maximum Gasteiger partial charge on any atom is 0.341 e. The average Bonchev–Trinajstić information content (AvgIpc) is 3.18. The Morgan fingerprint density at radius 3 is 3.08 bits per heavy atom. The normalized spacial score (nSPS) is 18.0. The lowest BCUT2D eigenvalue weighted by atomic mass is 10.1. The van der Waals surface area contributed by atoms with Crippen LogP contribution in [0.15, 0.2) is 22.9 Å². The molecule has 7 nitrogen and oxygen atoms in total. The highest BCUT2D eigenvalue weighted by atomic mass is 16.5. The van der Waals surface area contributed by atoms with Crippen molar-refractivity contribution in [1.29, 1.82) is 0 Å². The summed E-state index contributed by atoms with van der Waals surface area (Å²) in [5.74, 6) is 0.994. The Balaban J connectivity index is 1.57. The van der Waals surface area contributed by atoms with Crippen molar-refractivity contribution in [2.24, 2.45) is 7.05 Å². The predicted molar refractivity (Wildman–Crippen MR) is 90.1 cm³/mol. The molecule has 130 valence electrons. The molecule has 0 radical (unpaired) electrons. The lowest BCUT2D eigenvalue weighted by Gasteiger charge is -2.33. The molecule has 1 aliphatic heterocycles. The van der Waals surface area contributed by atoms with Gasteiger partial charge in [-0.1, -0.05) is 0 Å². The number of piperidine rings is 1. The van der Waals surface area contributed by atoms with E-state index in [9.17, 15) is 4.79 Å². The molecule has 24 heavy (non-hydrogen) atoms. The summed E-state index contributed by atoms with van der Waals surface area (Å²) in [6, 6.07) is 2.14. The fourth-order valence-corrected chi connectivity index (χ4v) is 3.14. The Hall–Kier alpha value is -2.28. The van der Waals surface area contributed by atoms with E-state index < -0.39 is 0 Å². The molecule has 1 aliphatic rings. The summed E-state index contributed by atoms with van der Waals surface area (Å²) in [4.78, 5) is 14.0. The largest absolute Gasteiger partial charge is 0.465 e. The zero-order chi connectivity index (χ0) is 17.1. The van der Waals surface area contributed by atoms with E-state index in [0.29, 0.717) is 23.9 Å². The van der Waals surface area contributed by atoms with Crippen LogP contribution in [-0.2, 0) is 18.3 Å². The van der Waals surface area contributed by atoms with Crippen molar-refractivity contribution in [2.45, 2.75) is 32.4 Å². The maximum absolute atomic E-state index is 11.6. The molecule has 0 saturated carbocycles. The number of rotatable bonds is 5. The van der Waals surface area contributed by atoms with Crippen molar-refractivity contribution in [1.82, 2.24) is 15.1 Å². The molecule has 0 aromatic carbocycles. The number of hydrogen-bond donors (Lipinski definition) is 1. The molecule has 0 amide bonds. The van der Waals surface area contributed by atoms with Gasteiger partial charge in [0, 0.05) is 32.4 Å². The number of hydrogen-bond acceptors (Lipinski definition) is 6. The molecule has 0 spiro atoms. The van der Waals surface area contributed by atoms with Gasteiger partial charge >= 0.3 is 5.97 Å². The van der Waals surface area contributed by atoms with Crippen LogP contribution in [0, 0.1) is 6.92 Å². The Morgan fingerprint density at radius 2 is 2.38 bits per heavy atom. The summed E-state index contributed by atoms with van der Waals surface area (Å²) in [6.45, 7) is 4.37. The minimum atomic E-state index is -0.358. The Labute approximate surface area is 141 Å². The number of carbonyl (C=O) groups excluding carboxylic acids is 1. The Kier molecular flexibility index (Phi) is 4.89. The van der Waals surface area contributed by atoms with Gasteiger partial charge in [0.1, 0.15) is 17.1 Å². The molecule has 2 aromatic rings. The summed E-state index contributed by atoms with van der Waals surface area (Å²) < 4.78 is 12.2. The molecule has 1 N–H and O–H groups in total. The number of anilines is 1. The second-order valence-corrected chi connectivity index (χ2v) is 6.21. The third-order valence-corrected chi connectivity index (χ3v) is 4.42. The SMILES string of the molecule is COC(=O)c1cc(CN[C@@H]2CCCN(c3cnn(C)c3)C2)oc1C. The molecule has 1 fully saturated rings. The van der Waals surface area contributed by atoms with Crippen LogP contribution in [-0.4, -0.2) is 42.0 Å². The zero-order valence-corrected chi connectivity index (χ0v) is 14.4. The number of nitrogens with zero attached hydrogens (tertiary/aromatic N) is 3. The molecule has 3 heterocycles. The molecular formula is C17H24N4O3.